The Labute approximate surface area is 129 Å². The van der Waals surface area contributed by atoms with Gasteiger partial charge in [-0.25, -0.2) is 4.79 Å². The smallest absolute Gasteiger partial charge is 0.321 e. The summed E-state index contributed by atoms with van der Waals surface area (Å²) in [5.41, 5.74) is 0.840. The lowest BCUT2D eigenvalue weighted by Crippen LogP contribution is -2.45. The van der Waals surface area contributed by atoms with Crippen molar-refractivity contribution in [1.29, 1.82) is 0 Å². The number of ether oxygens (including phenoxy) is 1. The molecule has 1 aliphatic rings. The molecule has 2 rings (SSSR count). The quantitative estimate of drug-likeness (QED) is 0.747. The summed E-state index contributed by atoms with van der Waals surface area (Å²) in [5.74, 6) is 0.422. The maximum absolute atomic E-state index is 11.9. The van der Waals surface area contributed by atoms with E-state index in [0.29, 0.717) is 13.2 Å². The molecule has 0 spiro atoms. The minimum absolute atomic E-state index is 0.0692. The summed E-state index contributed by atoms with van der Waals surface area (Å²) in [6.45, 7) is 3.57. The van der Waals surface area contributed by atoms with Gasteiger partial charge < -0.3 is 14.6 Å². The van der Waals surface area contributed by atoms with Crippen LogP contribution in [0.1, 0.15) is 30.3 Å². The summed E-state index contributed by atoms with van der Waals surface area (Å²) in [6.07, 6.45) is 1.92. The van der Waals surface area contributed by atoms with E-state index in [9.17, 15) is 9.59 Å². The van der Waals surface area contributed by atoms with Crippen LogP contribution in [0.2, 0.25) is 0 Å². The summed E-state index contributed by atoms with van der Waals surface area (Å²) in [5, 5.41) is 8.88. The number of aromatic nitrogens is 1. The van der Waals surface area contributed by atoms with Crippen LogP contribution in [-0.4, -0.2) is 55.3 Å². The molecule has 0 bridgehead atoms. The lowest BCUT2D eigenvalue weighted by atomic mass is 10.1. The normalized spacial score (nSPS) is 18.4. The molecule has 2 N–H and O–H groups in total. The number of nitrogens with zero attached hydrogens (tertiary/aromatic N) is 2. The van der Waals surface area contributed by atoms with E-state index in [4.69, 9.17) is 9.26 Å². The zero-order valence-electron chi connectivity index (χ0n) is 12.9. The Morgan fingerprint density at radius 2 is 2.36 bits per heavy atom. The van der Waals surface area contributed by atoms with Crippen LogP contribution in [0.25, 0.3) is 0 Å². The van der Waals surface area contributed by atoms with Crippen molar-refractivity contribution in [3.63, 3.8) is 0 Å². The minimum atomic E-state index is -0.505. The molecular weight excluding hydrogens is 288 g/mol. The van der Waals surface area contributed by atoms with Gasteiger partial charge in [0, 0.05) is 19.7 Å². The first-order chi connectivity index (χ1) is 10.6. The van der Waals surface area contributed by atoms with Crippen molar-refractivity contribution < 1.29 is 18.8 Å². The number of likely N-dealkylation sites (tertiary alicyclic amines) is 1. The number of hydrogen-bond donors (Lipinski definition) is 2. The molecular formula is C14H22N4O4. The van der Waals surface area contributed by atoms with Crippen molar-refractivity contribution >= 4 is 11.9 Å². The van der Waals surface area contributed by atoms with E-state index in [1.54, 1.807) is 7.11 Å². The van der Waals surface area contributed by atoms with Gasteiger partial charge in [-0.3, -0.25) is 15.0 Å². The fourth-order valence-corrected chi connectivity index (χ4v) is 2.55. The maximum atomic E-state index is 11.9. The van der Waals surface area contributed by atoms with Gasteiger partial charge in [0.15, 0.2) is 0 Å². The fraction of sp³-hybridized carbons (Fsp3) is 0.643. The molecule has 0 unspecified atom stereocenters. The number of amides is 3. The highest BCUT2D eigenvalue weighted by Crippen LogP contribution is 2.30. The highest BCUT2D eigenvalue weighted by Gasteiger charge is 2.30. The number of nitrogens with one attached hydrogen (secondary N) is 2. The summed E-state index contributed by atoms with van der Waals surface area (Å²) in [6, 6.07) is 1.45. The van der Waals surface area contributed by atoms with Crippen LogP contribution in [0, 0.1) is 6.92 Å². The zero-order chi connectivity index (χ0) is 15.9. The van der Waals surface area contributed by atoms with E-state index in [2.05, 4.69) is 15.8 Å². The second kappa shape index (κ2) is 7.90. The lowest BCUT2D eigenvalue weighted by Gasteiger charge is -2.21. The number of rotatable bonds is 6. The number of methoxy groups -OCH3 is 1. The van der Waals surface area contributed by atoms with E-state index in [0.717, 1.165) is 30.8 Å². The van der Waals surface area contributed by atoms with Gasteiger partial charge in [0.1, 0.15) is 11.5 Å². The van der Waals surface area contributed by atoms with Gasteiger partial charge in [0.2, 0.25) is 5.91 Å². The number of carbonyl (C=O) groups excluding carboxylic acids is 2. The summed E-state index contributed by atoms with van der Waals surface area (Å²) in [7, 11) is 1.55. The Balaban J connectivity index is 1.81. The molecule has 0 aromatic carbocycles. The topological polar surface area (TPSA) is 96.7 Å². The number of carbonyl (C=O) groups is 2. The van der Waals surface area contributed by atoms with E-state index < -0.39 is 6.03 Å². The van der Waals surface area contributed by atoms with Crippen LogP contribution in [-0.2, 0) is 9.53 Å². The Morgan fingerprint density at radius 1 is 1.55 bits per heavy atom. The molecule has 22 heavy (non-hydrogen) atoms. The molecule has 1 aliphatic heterocycles. The van der Waals surface area contributed by atoms with E-state index in [1.807, 2.05) is 17.9 Å². The third-order valence-electron chi connectivity index (χ3n) is 3.54. The van der Waals surface area contributed by atoms with Crippen LogP contribution in [0.3, 0.4) is 0 Å². The Bertz CT molecular complexity index is 517. The summed E-state index contributed by atoms with van der Waals surface area (Å²) < 4.78 is 9.91. The second-order valence-corrected chi connectivity index (χ2v) is 5.29. The summed E-state index contributed by atoms with van der Waals surface area (Å²) in [4.78, 5) is 25.5. The van der Waals surface area contributed by atoms with Gasteiger partial charge in [-0.15, -0.1) is 0 Å². The minimum Gasteiger partial charge on any atom is -0.383 e. The molecule has 0 saturated carbocycles. The molecule has 1 saturated heterocycles. The molecule has 8 heteroatoms. The largest absolute Gasteiger partial charge is 0.383 e. The maximum Gasteiger partial charge on any atom is 0.321 e. The highest BCUT2D eigenvalue weighted by molar-refractivity contribution is 5.95. The molecule has 122 valence electrons. The third kappa shape index (κ3) is 4.54. The van der Waals surface area contributed by atoms with E-state index in [-0.39, 0.29) is 18.5 Å². The van der Waals surface area contributed by atoms with Crippen LogP contribution in [0.15, 0.2) is 10.6 Å². The Kier molecular flexibility index (Phi) is 5.91. The second-order valence-electron chi connectivity index (χ2n) is 5.29. The summed E-state index contributed by atoms with van der Waals surface area (Å²) >= 11 is 0. The van der Waals surface area contributed by atoms with Crippen molar-refractivity contribution in [3.8, 4) is 0 Å². The Hall–Kier alpha value is -1.93. The molecule has 8 nitrogen and oxygen atoms in total. The molecule has 3 amide bonds. The first-order valence-corrected chi connectivity index (χ1v) is 7.34. The van der Waals surface area contributed by atoms with Gasteiger partial charge in [-0.2, -0.15) is 0 Å². The molecule has 1 atom stereocenters. The van der Waals surface area contributed by atoms with Gasteiger partial charge in [-0.05, 0) is 26.3 Å². The van der Waals surface area contributed by atoms with Crippen molar-refractivity contribution in [1.82, 2.24) is 20.7 Å². The van der Waals surface area contributed by atoms with Gasteiger partial charge in [-0.1, -0.05) is 5.16 Å². The average Bonchev–Trinajstić information content (AvgIpc) is 3.07. The Morgan fingerprint density at radius 3 is 3.05 bits per heavy atom. The molecule has 0 aliphatic carbocycles. The van der Waals surface area contributed by atoms with Gasteiger partial charge in [0.25, 0.3) is 0 Å². The third-order valence-corrected chi connectivity index (χ3v) is 3.54. The first kappa shape index (κ1) is 16.4. The van der Waals surface area contributed by atoms with Gasteiger partial charge >= 0.3 is 6.03 Å². The van der Waals surface area contributed by atoms with Gasteiger partial charge in [0.05, 0.1) is 19.2 Å². The van der Waals surface area contributed by atoms with E-state index in [1.165, 1.54) is 0 Å². The highest BCUT2D eigenvalue weighted by atomic mass is 16.5. The standard InChI is InChI=1S/C14H22N4O4/c1-10-8-11(17-22-10)12-4-3-6-18(12)9-13(19)16-14(20)15-5-7-21-2/h8,12H,3-7,9H2,1-2H3,(H2,15,16,19,20)/t12-/m1/s1. The van der Waals surface area contributed by atoms with Crippen molar-refractivity contribution in [3.05, 3.63) is 17.5 Å². The van der Waals surface area contributed by atoms with Crippen LogP contribution in [0.5, 0.6) is 0 Å². The molecule has 2 heterocycles. The number of imide groups is 1. The zero-order valence-corrected chi connectivity index (χ0v) is 12.9. The van der Waals surface area contributed by atoms with Crippen molar-refractivity contribution in [2.45, 2.75) is 25.8 Å². The van der Waals surface area contributed by atoms with E-state index >= 15 is 0 Å². The number of aryl methyl sites for hydroxylation is 1. The van der Waals surface area contributed by atoms with Crippen LogP contribution < -0.4 is 10.6 Å². The predicted octanol–water partition coefficient (Wildman–Crippen LogP) is 0.592. The molecule has 1 aromatic rings. The predicted molar refractivity (Wildman–Crippen MR) is 78.2 cm³/mol. The molecule has 0 radical (unpaired) electrons. The lowest BCUT2D eigenvalue weighted by molar-refractivity contribution is -0.121. The van der Waals surface area contributed by atoms with Crippen LogP contribution in [0.4, 0.5) is 4.79 Å². The molecule has 1 aromatic heterocycles. The SMILES string of the molecule is COCCNC(=O)NC(=O)CN1CCC[C@@H]1c1cc(C)on1. The first-order valence-electron chi connectivity index (χ1n) is 7.34. The number of hydrogen-bond acceptors (Lipinski definition) is 6. The fourth-order valence-electron chi connectivity index (χ4n) is 2.55. The number of urea groups is 1. The molecule has 1 fully saturated rings. The van der Waals surface area contributed by atoms with Crippen molar-refractivity contribution in [2.75, 3.05) is 33.4 Å². The van der Waals surface area contributed by atoms with Crippen molar-refractivity contribution in [2.24, 2.45) is 0 Å². The monoisotopic (exact) mass is 310 g/mol. The average molecular weight is 310 g/mol. The van der Waals surface area contributed by atoms with Crippen LogP contribution >= 0.6 is 0 Å².